The lowest BCUT2D eigenvalue weighted by Crippen LogP contribution is -2.47. The van der Waals surface area contributed by atoms with E-state index in [1.807, 2.05) is 0 Å². The second-order valence-electron chi connectivity index (χ2n) is 5.22. The van der Waals surface area contributed by atoms with E-state index in [1.165, 1.54) is 19.3 Å². The van der Waals surface area contributed by atoms with Crippen LogP contribution in [0.5, 0.6) is 0 Å². The van der Waals surface area contributed by atoms with Crippen molar-refractivity contribution in [3.8, 4) is 0 Å². The Kier molecular flexibility index (Phi) is 5.81. The molecule has 1 aliphatic heterocycles. The number of amides is 1. The van der Waals surface area contributed by atoms with Crippen molar-refractivity contribution >= 4 is 5.91 Å². The van der Waals surface area contributed by atoms with Gasteiger partial charge in [0.2, 0.25) is 5.91 Å². The smallest absolute Gasteiger partial charge is 0.220 e. The van der Waals surface area contributed by atoms with Gasteiger partial charge in [-0.2, -0.15) is 0 Å². The largest absolute Gasteiger partial charge is 0.355 e. The van der Waals surface area contributed by atoms with Crippen LogP contribution < -0.4 is 10.6 Å². The minimum absolute atomic E-state index is 0.203. The minimum Gasteiger partial charge on any atom is -0.355 e. The van der Waals surface area contributed by atoms with Crippen LogP contribution in [0.1, 0.15) is 52.9 Å². The Morgan fingerprint density at radius 3 is 2.88 bits per heavy atom. The predicted molar refractivity (Wildman–Crippen MR) is 67.3 cm³/mol. The zero-order valence-corrected chi connectivity index (χ0v) is 10.9. The van der Waals surface area contributed by atoms with Crippen molar-refractivity contribution in [3.63, 3.8) is 0 Å². The molecular formula is C13H26N2O. The predicted octanol–water partition coefficient (Wildman–Crippen LogP) is 2.07. The molecule has 0 aromatic carbocycles. The topological polar surface area (TPSA) is 41.1 Å². The Bertz CT molecular complexity index is 218. The summed E-state index contributed by atoms with van der Waals surface area (Å²) >= 11 is 0. The van der Waals surface area contributed by atoms with Crippen molar-refractivity contribution in [1.82, 2.24) is 10.6 Å². The molecule has 3 nitrogen and oxygen atoms in total. The van der Waals surface area contributed by atoms with Crippen LogP contribution in [0, 0.1) is 5.92 Å². The highest BCUT2D eigenvalue weighted by molar-refractivity contribution is 5.76. The van der Waals surface area contributed by atoms with E-state index < -0.39 is 0 Å². The summed E-state index contributed by atoms with van der Waals surface area (Å²) in [6, 6.07) is 1.08. The van der Waals surface area contributed by atoms with E-state index in [9.17, 15) is 4.79 Å². The molecule has 3 unspecified atom stereocenters. The van der Waals surface area contributed by atoms with Gasteiger partial charge < -0.3 is 10.6 Å². The Hall–Kier alpha value is -0.570. The number of hydrogen-bond donors (Lipinski definition) is 2. The first-order chi connectivity index (χ1) is 7.61. The molecule has 94 valence electrons. The summed E-state index contributed by atoms with van der Waals surface area (Å²) in [7, 11) is 0. The Morgan fingerprint density at radius 1 is 1.50 bits per heavy atom. The number of nitrogens with one attached hydrogen (secondary N) is 2. The van der Waals surface area contributed by atoms with E-state index in [0.29, 0.717) is 24.4 Å². The summed E-state index contributed by atoms with van der Waals surface area (Å²) in [5.41, 5.74) is 0. The highest BCUT2D eigenvalue weighted by atomic mass is 16.1. The maximum Gasteiger partial charge on any atom is 0.220 e. The van der Waals surface area contributed by atoms with E-state index in [1.54, 1.807) is 0 Å². The molecule has 1 saturated heterocycles. The molecule has 3 heteroatoms. The number of piperidine rings is 1. The van der Waals surface area contributed by atoms with Gasteiger partial charge in [-0.15, -0.1) is 0 Å². The molecule has 1 fully saturated rings. The molecule has 0 aromatic heterocycles. The van der Waals surface area contributed by atoms with Crippen LogP contribution in [0.2, 0.25) is 0 Å². The van der Waals surface area contributed by atoms with Gasteiger partial charge in [-0.25, -0.2) is 0 Å². The zero-order valence-electron chi connectivity index (χ0n) is 10.9. The molecule has 1 heterocycles. The fraction of sp³-hybridized carbons (Fsp3) is 0.923. The fourth-order valence-electron chi connectivity index (χ4n) is 2.17. The molecule has 0 aliphatic carbocycles. The SMILES string of the molecule is CCC(C)CC(=O)NCC1CCCC(C)N1. The third kappa shape index (κ3) is 4.97. The van der Waals surface area contributed by atoms with Crippen molar-refractivity contribution in [1.29, 1.82) is 0 Å². The van der Waals surface area contributed by atoms with Gasteiger partial charge in [0.25, 0.3) is 0 Å². The van der Waals surface area contributed by atoms with Crippen LogP contribution in [0.25, 0.3) is 0 Å². The Balaban J connectivity index is 2.15. The van der Waals surface area contributed by atoms with Crippen molar-refractivity contribution in [3.05, 3.63) is 0 Å². The van der Waals surface area contributed by atoms with Gasteiger partial charge in [0.15, 0.2) is 0 Å². The lowest BCUT2D eigenvalue weighted by Gasteiger charge is -2.29. The van der Waals surface area contributed by atoms with Crippen molar-refractivity contribution < 1.29 is 4.79 Å². The number of hydrogen-bond acceptors (Lipinski definition) is 2. The van der Waals surface area contributed by atoms with Crippen molar-refractivity contribution in [2.24, 2.45) is 5.92 Å². The van der Waals surface area contributed by atoms with Gasteiger partial charge >= 0.3 is 0 Å². The summed E-state index contributed by atoms with van der Waals surface area (Å²) in [6.45, 7) is 7.26. The number of rotatable bonds is 5. The van der Waals surface area contributed by atoms with E-state index >= 15 is 0 Å². The van der Waals surface area contributed by atoms with Gasteiger partial charge in [-0.05, 0) is 25.7 Å². The first kappa shape index (κ1) is 13.5. The van der Waals surface area contributed by atoms with Crippen LogP contribution in [0.3, 0.4) is 0 Å². The second-order valence-corrected chi connectivity index (χ2v) is 5.22. The van der Waals surface area contributed by atoms with Gasteiger partial charge in [0, 0.05) is 25.0 Å². The maximum absolute atomic E-state index is 11.6. The standard InChI is InChI=1S/C13H26N2O/c1-4-10(2)8-13(16)14-9-12-7-5-6-11(3)15-12/h10-12,15H,4-9H2,1-3H3,(H,14,16). The average molecular weight is 226 g/mol. The second kappa shape index (κ2) is 6.89. The minimum atomic E-state index is 0.203. The number of carbonyl (C=O) groups excluding carboxylic acids is 1. The van der Waals surface area contributed by atoms with E-state index in [4.69, 9.17) is 0 Å². The van der Waals surface area contributed by atoms with Crippen molar-refractivity contribution in [2.45, 2.75) is 65.0 Å². The van der Waals surface area contributed by atoms with E-state index in [-0.39, 0.29) is 5.91 Å². The Morgan fingerprint density at radius 2 is 2.25 bits per heavy atom. The summed E-state index contributed by atoms with van der Waals surface area (Å²) in [5.74, 6) is 0.701. The van der Waals surface area contributed by atoms with Crippen LogP contribution in [0.4, 0.5) is 0 Å². The molecule has 3 atom stereocenters. The first-order valence-corrected chi connectivity index (χ1v) is 6.64. The van der Waals surface area contributed by atoms with Crippen LogP contribution in [0.15, 0.2) is 0 Å². The van der Waals surface area contributed by atoms with E-state index in [0.717, 1.165) is 13.0 Å². The van der Waals surface area contributed by atoms with Gasteiger partial charge in [0.1, 0.15) is 0 Å². The average Bonchev–Trinajstić information content (AvgIpc) is 2.26. The van der Waals surface area contributed by atoms with Crippen molar-refractivity contribution in [2.75, 3.05) is 6.54 Å². The van der Waals surface area contributed by atoms with Crippen LogP contribution in [-0.4, -0.2) is 24.5 Å². The fourth-order valence-corrected chi connectivity index (χ4v) is 2.17. The summed E-state index contributed by atoms with van der Waals surface area (Å²) < 4.78 is 0. The Labute approximate surface area is 99.4 Å². The molecule has 2 N–H and O–H groups in total. The molecule has 16 heavy (non-hydrogen) atoms. The van der Waals surface area contributed by atoms with Crippen LogP contribution in [-0.2, 0) is 4.79 Å². The third-order valence-electron chi connectivity index (χ3n) is 3.49. The van der Waals surface area contributed by atoms with Gasteiger partial charge in [-0.1, -0.05) is 26.7 Å². The summed E-state index contributed by atoms with van der Waals surface area (Å²) in [6.07, 6.45) is 5.47. The van der Waals surface area contributed by atoms with Crippen LogP contribution >= 0.6 is 0 Å². The summed E-state index contributed by atoms with van der Waals surface area (Å²) in [5, 5.41) is 6.56. The molecular weight excluding hydrogens is 200 g/mol. The zero-order chi connectivity index (χ0) is 12.0. The first-order valence-electron chi connectivity index (χ1n) is 6.64. The molecule has 1 amide bonds. The monoisotopic (exact) mass is 226 g/mol. The molecule has 1 aliphatic rings. The normalized spacial score (nSPS) is 27.4. The maximum atomic E-state index is 11.6. The van der Waals surface area contributed by atoms with Gasteiger partial charge in [-0.3, -0.25) is 4.79 Å². The van der Waals surface area contributed by atoms with E-state index in [2.05, 4.69) is 31.4 Å². The highest BCUT2D eigenvalue weighted by Crippen LogP contribution is 2.11. The molecule has 0 aromatic rings. The lowest BCUT2D eigenvalue weighted by atomic mass is 9.99. The highest BCUT2D eigenvalue weighted by Gasteiger charge is 2.18. The summed E-state index contributed by atoms with van der Waals surface area (Å²) in [4.78, 5) is 11.6. The lowest BCUT2D eigenvalue weighted by molar-refractivity contribution is -0.122. The molecule has 0 bridgehead atoms. The molecule has 0 radical (unpaired) electrons. The third-order valence-corrected chi connectivity index (χ3v) is 3.49. The van der Waals surface area contributed by atoms with Gasteiger partial charge in [0.05, 0.1) is 0 Å². The number of carbonyl (C=O) groups is 1. The molecule has 0 saturated carbocycles. The quantitative estimate of drug-likeness (QED) is 0.753. The molecule has 0 spiro atoms. The molecule has 1 rings (SSSR count).